The molecule has 1 atom stereocenters. The van der Waals surface area contributed by atoms with Crippen LogP contribution in [0, 0.1) is 6.92 Å². The monoisotopic (exact) mass is 394 g/mol. The van der Waals surface area contributed by atoms with E-state index < -0.39 is 22.2 Å². The van der Waals surface area contributed by atoms with Crippen LogP contribution in [0.4, 0.5) is 10.5 Å². The second-order valence-corrected chi connectivity index (χ2v) is 8.25. The highest BCUT2D eigenvalue weighted by atomic mass is 32.2. The summed E-state index contributed by atoms with van der Waals surface area (Å²) in [5.41, 5.74) is 1.42. The Hall–Kier alpha value is -2.46. The lowest BCUT2D eigenvalue weighted by molar-refractivity contribution is 0.143. The predicted molar refractivity (Wildman–Crippen MR) is 98.8 cm³/mol. The molecular weight excluding hydrogens is 372 g/mol. The molecule has 0 aliphatic carbocycles. The molecule has 1 aliphatic heterocycles. The molecule has 9 nitrogen and oxygen atoms in total. The van der Waals surface area contributed by atoms with Crippen molar-refractivity contribution in [3.8, 4) is 11.4 Å². The third-order valence-electron chi connectivity index (χ3n) is 4.14. The molecule has 2 heterocycles. The number of aromatic nitrogens is 2. The fourth-order valence-corrected chi connectivity index (χ4v) is 3.92. The van der Waals surface area contributed by atoms with Gasteiger partial charge in [-0.05, 0) is 30.7 Å². The summed E-state index contributed by atoms with van der Waals surface area (Å²) in [6.45, 7) is 3.98. The number of hydrogen-bond acceptors (Lipinski definition) is 7. The van der Waals surface area contributed by atoms with E-state index in [-0.39, 0.29) is 18.8 Å². The molecule has 1 saturated heterocycles. The van der Waals surface area contributed by atoms with Crippen LogP contribution in [0.25, 0.3) is 11.4 Å². The molecule has 0 spiro atoms. The Kier molecular flexibility index (Phi) is 5.76. The van der Waals surface area contributed by atoms with Crippen molar-refractivity contribution in [2.24, 2.45) is 0 Å². The van der Waals surface area contributed by atoms with E-state index in [0.29, 0.717) is 23.8 Å². The fraction of sp³-hybridized carbons (Fsp3) is 0.471. The van der Waals surface area contributed by atoms with E-state index >= 15 is 0 Å². The molecule has 0 bridgehead atoms. The Bertz CT molecular complexity index is 894. The molecule has 1 N–H and O–H groups in total. The van der Waals surface area contributed by atoms with Gasteiger partial charge in [-0.1, -0.05) is 18.5 Å². The minimum absolute atomic E-state index is 0.0640. The van der Waals surface area contributed by atoms with Crippen LogP contribution in [0.3, 0.4) is 0 Å². The first-order valence-electron chi connectivity index (χ1n) is 8.74. The second-order valence-electron chi connectivity index (χ2n) is 6.32. The fourth-order valence-electron chi connectivity index (χ4n) is 2.67. The number of benzene rings is 1. The maximum absolute atomic E-state index is 12.1. The highest BCUT2D eigenvalue weighted by molar-refractivity contribution is 7.89. The molecule has 0 saturated carbocycles. The number of nitrogens with one attached hydrogen (secondary N) is 1. The van der Waals surface area contributed by atoms with Gasteiger partial charge >= 0.3 is 6.09 Å². The van der Waals surface area contributed by atoms with Gasteiger partial charge in [-0.2, -0.15) is 4.98 Å². The lowest BCUT2D eigenvalue weighted by Gasteiger charge is -2.13. The van der Waals surface area contributed by atoms with E-state index in [2.05, 4.69) is 14.9 Å². The molecular formula is C17H22N4O5S. The topological polar surface area (TPSA) is 115 Å². The maximum atomic E-state index is 12.1. The third-order valence-corrected chi connectivity index (χ3v) is 5.57. The molecule has 10 heteroatoms. The summed E-state index contributed by atoms with van der Waals surface area (Å²) in [5.74, 6) is 1.02. The Morgan fingerprint density at radius 1 is 1.30 bits per heavy atom. The Morgan fingerprint density at radius 2 is 2.04 bits per heavy atom. The number of anilines is 1. The van der Waals surface area contributed by atoms with Crippen LogP contribution in [0.5, 0.6) is 0 Å². The number of rotatable bonds is 8. The lowest BCUT2D eigenvalue weighted by atomic mass is 10.2. The third kappa shape index (κ3) is 4.83. The average Bonchev–Trinajstić information content (AvgIpc) is 3.24. The number of cyclic esters (lactones) is 1. The molecule has 1 amide bonds. The van der Waals surface area contributed by atoms with E-state index in [1.54, 1.807) is 31.2 Å². The quantitative estimate of drug-likeness (QED) is 0.729. The van der Waals surface area contributed by atoms with Gasteiger partial charge in [-0.25, -0.2) is 17.9 Å². The minimum atomic E-state index is -3.35. The lowest BCUT2D eigenvalue weighted by Crippen LogP contribution is -2.35. The summed E-state index contributed by atoms with van der Waals surface area (Å²) in [6.07, 6.45) is 0.356. The summed E-state index contributed by atoms with van der Waals surface area (Å²) < 4.78 is 36.5. The Balaban J connectivity index is 1.60. The Labute approximate surface area is 157 Å². The molecule has 3 rings (SSSR count). The van der Waals surface area contributed by atoms with Crippen LogP contribution in [0.15, 0.2) is 28.8 Å². The first kappa shape index (κ1) is 19.3. The average molecular weight is 394 g/mol. The van der Waals surface area contributed by atoms with Crippen molar-refractivity contribution >= 4 is 21.8 Å². The van der Waals surface area contributed by atoms with Crippen LogP contribution in [-0.2, 0) is 14.8 Å². The van der Waals surface area contributed by atoms with Crippen molar-refractivity contribution in [1.82, 2.24) is 14.9 Å². The van der Waals surface area contributed by atoms with Crippen molar-refractivity contribution in [2.75, 3.05) is 23.7 Å². The van der Waals surface area contributed by atoms with Crippen molar-refractivity contribution < 1.29 is 22.5 Å². The number of nitrogens with zero attached hydrogens (tertiary/aromatic N) is 3. The number of hydrogen-bond donors (Lipinski definition) is 1. The maximum Gasteiger partial charge on any atom is 0.414 e. The van der Waals surface area contributed by atoms with E-state index in [1.165, 1.54) is 4.90 Å². The van der Waals surface area contributed by atoms with Crippen molar-refractivity contribution in [2.45, 2.75) is 32.8 Å². The van der Waals surface area contributed by atoms with Crippen molar-refractivity contribution in [1.29, 1.82) is 0 Å². The summed E-state index contributed by atoms with van der Waals surface area (Å²) in [7, 11) is -3.35. The van der Waals surface area contributed by atoms with Gasteiger partial charge < -0.3 is 9.26 Å². The van der Waals surface area contributed by atoms with Gasteiger partial charge in [0.1, 0.15) is 6.10 Å². The molecule has 2 aromatic rings. The standard InChI is InChI=1S/C17H22N4O5S/c1-3-4-9-27(23,24)18-10-15-11-21(17(22)25-15)14-7-5-13(6-8-14)16-19-12(2)26-20-16/h5-8,15,18H,3-4,9-11H2,1-2H3. The van der Waals surface area contributed by atoms with E-state index in [0.717, 1.165) is 12.0 Å². The molecule has 1 unspecified atom stereocenters. The second kappa shape index (κ2) is 8.05. The highest BCUT2D eigenvalue weighted by Crippen LogP contribution is 2.25. The zero-order valence-electron chi connectivity index (χ0n) is 15.2. The van der Waals surface area contributed by atoms with Gasteiger partial charge in [0.25, 0.3) is 0 Å². The molecule has 1 aromatic carbocycles. The molecule has 27 heavy (non-hydrogen) atoms. The molecule has 1 aromatic heterocycles. The zero-order valence-corrected chi connectivity index (χ0v) is 16.0. The number of carbonyl (C=O) groups is 1. The number of amides is 1. The van der Waals surface area contributed by atoms with E-state index in [1.807, 2.05) is 6.92 Å². The zero-order chi connectivity index (χ0) is 19.4. The molecule has 1 aliphatic rings. The highest BCUT2D eigenvalue weighted by Gasteiger charge is 2.33. The SMILES string of the molecule is CCCCS(=O)(=O)NCC1CN(c2ccc(-c3noc(C)n3)cc2)C(=O)O1. The summed E-state index contributed by atoms with van der Waals surface area (Å²) >= 11 is 0. The summed E-state index contributed by atoms with van der Waals surface area (Å²) in [5, 5.41) is 3.85. The van der Waals surface area contributed by atoms with Gasteiger partial charge in [0, 0.05) is 24.7 Å². The van der Waals surface area contributed by atoms with Crippen molar-refractivity contribution in [3.63, 3.8) is 0 Å². The van der Waals surface area contributed by atoms with Gasteiger partial charge in [0.2, 0.25) is 21.7 Å². The predicted octanol–water partition coefficient (Wildman–Crippen LogP) is 2.09. The number of sulfonamides is 1. The normalized spacial score (nSPS) is 17.3. The first-order chi connectivity index (χ1) is 12.9. The first-order valence-corrected chi connectivity index (χ1v) is 10.4. The van der Waals surface area contributed by atoms with Crippen LogP contribution < -0.4 is 9.62 Å². The van der Waals surface area contributed by atoms with Gasteiger partial charge in [0.05, 0.1) is 12.3 Å². The number of unbranched alkanes of at least 4 members (excludes halogenated alkanes) is 1. The molecule has 0 radical (unpaired) electrons. The largest absolute Gasteiger partial charge is 0.443 e. The van der Waals surface area contributed by atoms with Crippen LogP contribution in [-0.4, -0.2) is 49.6 Å². The van der Waals surface area contributed by atoms with E-state index in [4.69, 9.17) is 9.26 Å². The molecule has 146 valence electrons. The Morgan fingerprint density at radius 3 is 2.67 bits per heavy atom. The number of carbonyl (C=O) groups excluding carboxylic acids is 1. The van der Waals surface area contributed by atoms with Crippen molar-refractivity contribution in [3.05, 3.63) is 30.2 Å². The number of aryl methyl sites for hydroxylation is 1. The van der Waals surface area contributed by atoms with Gasteiger partial charge in [-0.3, -0.25) is 4.90 Å². The summed E-state index contributed by atoms with van der Waals surface area (Å²) in [6, 6.07) is 7.09. The van der Waals surface area contributed by atoms with Gasteiger partial charge in [-0.15, -0.1) is 0 Å². The van der Waals surface area contributed by atoms with Crippen LogP contribution in [0.2, 0.25) is 0 Å². The van der Waals surface area contributed by atoms with E-state index in [9.17, 15) is 13.2 Å². The van der Waals surface area contributed by atoms with Crippen LogP contribution >= 0.6 is 0 Å². The van der Waals surface area contributed by atoms with Crippen LogP contribution in [0.1, 0.15) is 25.7 Å². The summed E-state index contributed by atoms with van der Waals surface area (Å²) in [4.78, 5) is 17.8. The smallest absolute Gasteiger partial charge is 0.414 e. The minimum Gasteiger partial charge on any atom is -0.443 e. The number of ether oxygens (including phenoxy) is 1. The van der Waals surface area contributed by atoms with Gasteiger partial charge in [0.15, 0.2) is 0 Å². The molecule has 1 fully saturated rings.